The Bertz CT molecular complexity index is 4250. The molecule has 99 heavy (non-hydrogen) atoms. The summed E-state index contributed by atoms with van der Waals surface area (Å²) in [5.74, 6) is -2.73. The number of carboxylic acid groups (broad SMARTS) is 2. The molecule has 3 N–H and O–H groups in total. The van der Waals surface area contributed by atoms with E-state index in [0.29, 0.717) is 121 Å². The van der Waals surface area contributed by atoms with Crippen molar-refractivity contribution < 1.29 is 94.1 Å². The van der Waals surface area contributed by atoms with E-state index < -0.39 is 106 Å². The highest BCUT2D eigenvalue weighted by molar-refractivity contribution is 14.1. The molecule has 3 heterocycles. The Morgan fingerprint density at radius 3 is 1.19 bits per heavy atom. The number of rotatable bonds is 19. The number of hydrogen-bond acceptors (Lipinski definition) is 13. The highest BCUT2D eigenvalue weighted by Gasteiger charge is 2.42. The van der Waals surface area contributed by atoms with Crippen molar-refractivity contribution in [2.45, 2.75) is 198 Å². The minimum Gasteiger partial charge on any atom is -0.480 e. The first-order valence-electron chi connectivity index (χ1n) is 31.7. The van der Waals surface area contributed by atoms with Crippen molar-refractivity contribution in [2.24, 2.45) is 0 Å². The summed E-state index contributed by atoms with van der Waals surface area (Å²) < 4.78 is 215. The van der Waals surface area contributed by atoms with E-state index in [0.717, 1.165) is 71.0 Å². The van der Waals surface area contributed by atoms with Crippen molar-refractivity contribution in [1.82, 2.24) is 42.7 Å². The zero-order valence-electron chi connectivity index (χ0n) is 54.5. The molecule has 35 heteroatoms. The molecule has 21 nitrogen and oxygen atoms in total. The van der Waals surface area contributed by atoms with Crippen molar-refractivity contribution in [3.05, 3.63) is 140 Å². The SMILES string of the molecule is CCCI.CI.CN([C@@H]1CCCc2c1cnn2CC(=O)O)S(=O)(=O)c1cc(C2CC2)cc(C(F)(F)F)c1.COC(=O)Cn1ncc2c1CCC[C@H]2N(C)S(=O)(=O)c1cc(C2CC2)cc(C(F)(F)F)c1.O=C(O)Cn1ncc2c1CCC[C@H]2NS(=O)(=O)c1cc(C2CC2)cc(C(F)(F)F)c1. The fourth-order valence-corrected chi connectivity index (χ4v) is 16.5. The number of carbonyl (C=O) groups excluding carboxylic acids is 1. The summed E-state index contributed by atoms with van der Waals surface area (Å²) in [5.41, 5.74) is 2.07. The Morgan fingerprint density at radius 1 is 0.535 bits per heavy atom. The minimum absolute atomic E-state index is 0.0330. The first-order chi connectivity index (χ1) is 46.5. The number of aliphatic carboxylic acids is 2. The average molecular weight is 1680 g/mol. The number of aromatic nitrogens is 6. The molecule has 3 aromatic carbocycles. The number of sulfonamides is 3. The van der Waals surface area contributed by atoms with Crippen molar-refractivity contribution in [3.63, 3.8) is 0 Å². The smallest absolute Gasteiger partial charge is 0.416 e. The summed E-state index contributed by atoms with van der Waals surface area (Å²) in [4.78, 5) is 34.5. The zero-order valence-corrected chi connectivity index (χ0v) is 61.2. The van der Waals surface area contributed by atoms with Gasteiger partial charge in [-0.1, -0.05) is 52.1 Å². The number of esters is 1. The molecule has 0 saturated heterocycles. The second-order valence-corrected chi connectivity index (χ2v) is 31.6. The van der Waals surface area contributed by atoms with Crippen molar-refractivity contribution in [2.75, 3.05) is 30.6 Å². The summed E-state index contributed by atoms with van der Waals surface area (Å²) >= 11 is 4.50. The van der Waals surface area contributed by atoms with Gasteiger partial charge >= 0.3 is 36.4 Å². The van der Waals surface area contributed by atoms with Gasteiger partial charge in [0.15, 0.2) is 0 Å². The summed E-state index contributed by atoms with van der Waals surface area (Å²) in [7, 11) is -8.67. The van der Waals surface area contributed by atoms with Gasteiger partial charge in [-0.25, -0.2) is 30.0 Å². The number of nitrogens with zero attached hydrogens (tertiary/aromatic N) is 8. The van der Waals surface area contributed by atoms with Gasteiger partial charge < -0.3 is 14.9 Å². The quantitative estimate of drug-likeness (QED) is 0.0294. The van der Waals surface area contributed by atoms with Gasteiger partial charge in [0.25, 0.3) is 0 Å². The summed E-state index contributed by atoms with van der Waals surface area (Å²) in [6.45, 7) is 1.41. The highest BCUT2D eigenvalue weighted by atomic mass is 127. The molecule has 6 aliphatic carbocycles. The van der Waals surface area contributed by atoms with Gasteiger partial charge in [0.2, 0.25) is 30.1 Å². The molecule has 3 fully saturated rings. The normalized spacial score (nSPS) is 18.5. The molecule has 3 atom stereocenters. The number of ether oxygens (including phenoxy) is 1. The largest absolute Gasteiger partial charge is 0.480 e. The van der Waals surface area contributed by atoms with Crippen LogP contribution in [0.5, 0.6) is 0 Å². The number of carbonyl (C=O) groups is 3. The van der Waals surface area contributed by atoms with Crippen LogP contribution in [-0.4, -0.2) is 122 Å². The van der Waals surface area contributed by atoms with Crippen LogP contribution in [0.15, 0.2) is 87.9 Å². The molecule has 0 spiro atoms. The first-order valence-corrected chi connectivity index (χ1v) is 39.7. The van der Waals surface area contributed by atoms with Crippen LogP contribution in [0, 0.1) is 0 Å². The van der Waals surface area contributed by atoms with Crippen LogP contribution < -0.4 is 4.72 Å². The van der Waals surface area contributed by atoms with Crippen LogP contribution in [0.2, 0.25) is 0 Å². The number of benzene rings is 3. The van der Waals surface area contributed by atoms with Crippen LogP contribution in [-0.2, 0) is 107 Å². The molecule has 0 radical (unpaired) electrons. The Kier molecular flexibility index (Phi) is 25.8. The maximum absolute atomic E-state index is 13.5. The molecule has 0 amide bonds. The van der Waals surface area contributed by atoms with Gasteiger partial charge in [-0.3, -0.25) is 28.4 Å². The lowest BCUT2D eigenvalue weighted by Crippen LogP contribution is -2.33. The number of nitrogens with one attached hydrogen (secondary N) is 1. The van der Waals surface area contributed by atoms with E-state index in [1.807, 2.05) is 4.93 Å². The van der Waals surface area contributed by atoms with Gasteiger partial charge in [0.05, 0.1) is 75.2 Å². The zero-order chi connectivity index (χ0) is 72.9. The van der Waals surface area contributed by atoms with Gasteiger partial charge in [-0.05, 0) is 201 Å². The first kappa shape index (κ1) is 79.0. The van der Waals surface area contributed by atoms with Crippen LogP contribution in [0.3, 0.4) is 0 Å². The maximum atomic E-state index is 13.5. The Balaban J connectivity index is 0.000000182. The minimum atomic E-state index is -4.65. The molecule has 3 saturated carbocycles. The molecule has 0 aliphatic heterocycles. The van der Waals surface area contributed by atoms with E-state index in [1.54, 1.807) is 0 Å². The lowest BCUT2D eigenvalue weighted by molar-refractivity contribution is -0.142. The predicted molar refractivity (Wildman–Crippen MR) is 361 cm³/mol. The van der Waals surface area contributed by atoms with Crippen molar-refractivity contribution >= 4 is 93.2 Å². The second kappa shape index (κ2) is 32.3. The molecular weight excluding hydrogens is 1610 g/mol. The van der Waals surface area contributed by atoms with Crippen LogP contribution >= 0.6 is 45.2 Å². The Hall–Kier alpha value is -5.74. The lowest BCUT2D eigenvalue weighted by atomic mass is 9.93. The van der Waals surface area contributed by atoms with Crippen LogP contribution in [0.25, 0.3) is 0 Å². The van der Waals surface area contributed by atoms with E-state index in [9.17, 15) is 79.2 Å². The predicted octanol–water partition coefficient (Wildman–Crippen LogP) is 13.3. The summed E-state index contributed by atoms with van der Waals surface area (Å²) in [6, 6.07) is 7.28. The third kappa shape index (κ3) is 19.5. The number of fused-ring (bicyclic) bond motifs is 3. The van der Waals surface area contributed by atoms with Crippen LogP contribution in [0.1, 0.15) is 193 Å². The fraction of sp³-hybridized carbons (Fsp3) is 0.531. The van der Waals surface area contributed by atoms with Crippen molar-refractivity contribution in [3.8, 4) is 0 Å². The number of methoxy groups -OCH3 is 1. The Labute approximate surface area is 595 Å². The van der Waals surface area contributed by atoms with E-state index in [1.165, 1.54) is 82.9 Å². The summed E-state index contributed by atoms with van der Waals surface area (Å²) in [5, 5.41) is 30.4. The number of alkyl halides is 11. The third-order valence-corrected chi connectivity index (χ3v) is 24.0. The maximum Gasteiger partial charge on any atom is 0.416 e. The lowest BCUT2D eigenvalue weighted by Gasteiger charge is -2.31. The van der Waals surface area contributed by atoms with Crippen LogP contribution in [0.4, 0.5) is 39.5 Å². The van der Waals surface area contributed by atoms with Gasteiger partial charge in [-0.15, -0.1) is 0 Å². The highest BCUT2D eigenvalue weighted by Crippen LogP contribution is 2.48. The molecule has 0 bridgehead atoms. The molecule has 6 aliphatic rings. The molecule has 6 aromatic rings. The van der Waals surface area contributed by atoms with E-state index in [4.69, 9.17) is 10.2 Å². The van der Waals surface area contributed by atoms with E-state index in [2.05, 4.69) is 76.9 Å². The standard InChI is InChI=1S/C21H24F3N3O4S.C20H22F3N3O4S.C19H20F3N3O4S.C3H7I.CH3I/c1-26(18-4-3-5-19-17(18)11-25-27(19)12-20(28)31-2)32(29,30)16-9-14(13-6-7-13)8-15(10-16)21(22,23)24;1-25(17-3-2-4-18-16(17)10-24-26(18)11-19(27)28)31(29,30)15-8-13(12-5-6-12)7-14(9-15)20(21,22)23;20-19(21,22)13-6-12(11-4-5-11)7-14(8-13)30(28,29)24-16-2-1-3-17-15(16)9-23-25(17)10-18(26)27;1-2-3-4;1-2/h8-11,13,18H,3-7,12H2,1-2H3;7-10,12,17H,2-6,11H2,1H3,(H,27,28);6-9,11,16,24H,1-5,10H2,(H,26,27);2-3H2,1H3;1H3/t18-;17-;16-;;/m111../s1. The molecule has 12 rings (SSSR count). The molecular formula is C64H76F9I2N9O12S3. The van der Waals surface area contributed by atoms with Crippen molar-refractivity contribution in [1.29, 1.82) is 0 Å². The Morgan fingerprint density at radius 2 is 0.859 bits per heavy atom. The van der Waals surface area contributed by atoms with Gasteiger partial charge in [0.1, 0.15) is 19.6 Å². The summed E-state index contributed by atoms with van der Waals surface area (Å²) in [6.07, 6.45) is 1.24. The molecule has 0 unspecified atom stereocenters. The number of hydrogen-bond donors (Lipinski definition) is 3. The fourth-order valence-electron chi connectivity index (χ4n) is 12.2. The second-order valence-electron chi connectivity index (χ2n) is 24.8. The monoisotopic (exact) mass is 1680 g/mol. The van der Waals surface area contributed by atoms with E-state index in [-0.39, 0.29) is 47.2 Å². The van der Waals surface area contributed by atoms with E-state index >= 15 is 0 Å². The topological polar surface area (TPSA) is 275 Å². The molecule has 544 valence electrons. The van der Waals surface area contributed by atoms with Gasteiger partial charge in [-0.2, -0.15) is 63.4 Å². The number of carboxylic acids is 2. The average Bonchev–Trinajstić information content (AvgIpc) is 1.67. The van der Waals surface area contributed by atoms with Gasteiger partial charge in [0, 0.05) is 47.9 Å². The molecule has 3 aromatic heterocycles. The third-order valence-electron chi connectivity index (χ3n) is 17.7. The number of halogens is 11.